The molecule has 1 aromatic rings. The third kappa shape index (κ3) is 3.53. The summed E-state index contributed by atoms with van der Waals surface area (Å²) in [6.07, 6.45) is 6.59. The van der Waals surface area contributed by atoms with Crippen LogP contribution in [0.3, 0.4) is 0 Å². The minimum absolute atomic E-state index is 0.437. The minimum atomic E-state index is -0.713. The highest BCUT2D eigenvalue weighted by Gasteiger charge is 2.28. The predicted octanol–water partition coefficient (Wildman–Crippen LogP) is 1.12. The lowest BCUT2D eigenvalue weighted by Crippen LogP contribution is -2.42. The molecule has 5 nitrogen and oxygen atoms in total. The molecule has 0 aliphatic carbocycles. The van der Waals surface area contributed by atoms with Gasteiger partial charge in [-0.25, -0.2) is 4.98 Å². The quantitative estimate of drug-likeness (QED) is 0.824. The maximum absolute atomic E-state index is 10.5. The molecular formula is C13H24N4O. The van der Waals surface area contributed by atoms with Crippen molar-refractivity contribution in [2.75, 3.05) is 6.54 Å². The average Bonchev–Trinajstić information content (AvgIpc) is 2.76. The molecular weight excluding hydrogens is 228 g/mol. The Hall–Kier alpha value is -0.940. The summed E-state index contributed by atoms with van der Waals surface area (Å²) in [6, 6.07) is 0.437. The second-order valence-electron chi connectivity index (χ2n) is 5.52. The Morgan fingerprint density at radius 1 is 1.56 bits per heavy atom. The molecule has 5 heteroatoms. The standard InChI is InChI=1S/C13H24N4O/c1-3-17-12(15-10-16-17)9-13(2,18)8-11-6-4-5-7-14-11/h10-11,14,18H,3-9H2,1-2H3. The minimum Gasteiger partial charge on any atom is -0.390 e. The van der Waals surface area contributed by atoms with E-state index in [1.165, 1.54) is 12.8 Å². The third-order valence-corrected chi connectivity index (χ3v) is 3.63. The molecule has 102 valence electrons. The molecule has 0 bridgehead atoms. The van der Waals surface area contributed by atoms with E-state index in [1.807, 2.05) is 18.5 Å². The van der Waals surface area contributed by atoms with E-state index < -0.39 is 5.60 Å². The number of hydrogen-bond donors (Lipinski definition) is 2. The fourth-order valence-corrected chi connectivity index (χ4v) is 2.73. The van der Waals surface area contributed by atoms with Crippen molar-refractivity contribution in [3.63, 3.8) is 0 Å². The van der Waals surface area contributed by atoms with Crippen molar-refractivity contribution in [1.29, 1.82) is 0 Å². The summed E-state index contributed by atoms with van der Waals surface area (Å²) in [5.41, 5.74) is -0.713. The molecule has 2 heterocycles. The lowest BCUT2D eigenvalue weighted by molar-refractivity contribution is 0.0343. The number of aliphatic hydroxyl groups is 1. The van der Waals surface area contributed by atoms with E-state index >= 15 is 0 Å². The number of rotatable bonds is 5. The number of piperidine rings is 1. The molecule has 1 saturated heterocycles. The zero-order valence-corrected chi connectivity index (χ0v) is 11.4. The summed E-state index contributed by atoms with van der Waals surface area (Å²) in [7, 11) is 0. The molecule has 2 atom stereocenters. The Morgan fingerprint density at radius 2 is 2.39 bits per heavy atom. The predicted molar refractivity (Wildman–Crippen MR) is 70.3 cm³/mol. The maximum Gasteiger partial charge on any atom is 0.138 e. The zero-order valence-electron chi connectivity index (χ0n) is 11.4. The molecule has 0 aromatic carbocycles. The first-order valence-electron chi connectivity index (χ1n) is 6.93. The molecule has 2 unspecified atom stereocenters. The number of nitrogens with one attached hydrogen (secondary N) is 1. The topological polar surface area (TPSA) is 63.0 Å². The van der Waals surface area contributed by atoms with Gasteiger partial charge >= 0.3 is 0 Å². The number of nitrogens with zero attached hydrogens (tertiary/aromatic N) is 3. The summed E-state index contributed by atoms with van der Waals surface area (Å²) < 4.78 is 1.85. The molecule has 0 saturated carbocycles. The summed E-state index contributed by atoms with van der Waals surface area (Å²) in [4.78, 5) is 4.24. The van der Waals surface area contributed by atoms with Gasteiger partial charge < -0.3 is 10.4 Å². The van der Waals surface area contributed by atoms with E-state index in [4.69, 9.17) is 0 Å². The van der Waals surface area contributed by atoms with Crippen LogP contribution >= 0.6 is 0 Å². The normalized spacial score (nSPS) is 23.8. The van der Waals surface area contributed by atoms with Crippen LogP contribution in [0.1, 0.15) is 45.4 Å². The van der Waals surface area contributed by atoms with Crippen LogP contribution in [0, 0.1) is 0 Å². The highest BCUT2D eigenvalue weighted by Crippen LogP contribution is 2.21. The number of aromatic nitrogens is 3. The van der Waals surface area contributed by atoms with Gasteiger partial charge in [-0.05, 0) is 39.7 Å². The first kappa shape index (κ1) is 13.5. The SMILES string of the molecule is CCn1ncnc1CC(C)(O)CC1CCCCN1. The summed E-state index contributed by atoms with van der Waals surface area (Å²) >= 11 is 0. The second kappa shape index (κ2) is 5.80. The van der Waals surface area contributed by atoms with Gasteiger partial charge in [-0.2, -0.15) is 5.10 Å². The Morgan fingerprint density at radius 3 is 3.06 bits per heavy atom. The largest absolute Gasteiger partial charge is 0.390 e. The van der Waals surface area contributed by atoms with Gasteiger partial charge in [0, 0.05) is 19.0 Å². The molecule has 0 amide bonds. The van der Waals surface area contributed by atoms with Crippen molar-refractivity contribution in [2.24, 2.45) is 0 Å². The number of hydrogen-bond acceptors (Lipinski definition) is 4. The van der Waals surface area contributed by atoms with Crippen LogP contribution in [0.15, 0.2) is 6.33 Å². The molecule has 0 radical (unpaired) electrons. The highest BCUT2D eigenvalue weighted by atomic mass is 16.3. The van der Waals surface area contributed by atoms with Gasteiger partial charge in [0.1, 0.15) is 12.2 Å². The molecule has 2 rings (SSSR count). The van der Waals surface area contributed by atoms with Crippen LogP contribution in [-0.2, 0) is 13.0 Å². The first-order chi connectivity index (χ1) is 8.61. The first-order valence-corrected chi connectivity index (χ1v) is 6.93. The average molecular weight is 252 g/mol. The van der Waals surface area contributed by atoms with Crippen LogP contribution in [0.25, 0.3) is 0 Å². The van der Waals surface area contributed by atoms with E-state index in [-0.39, 0.29) is 0 Å². The van der Waals surface area contributed by atoms with Crippen molar-refractivity contribution >= 4 is 0 Å². The lowest BCUT2D eigenvalue weighted by Gasteiger charge is -2.31. The van der Waals surface area contributed by atoms with Gasteiger partial charge in [-0.15, -0.1) is 0 Å². The van der Waals surface area contributed by atoms with E-state index in [0.717, 1.165) is 31.8 Å². The fourth-order valence-electron chi connectivity index (χ4n) is 2.73. The van der Waals surface area contributed by atoms with E-state index in [0.29, 0.717) is 12.5 Å². The molecule has 2 N–H and O–H groups in total. The van der Waals surface area contributed by atoms with E-state index in [9.17, 15) is 5.11 Å². The van der Waals surface area contributed by atoms with Gasteiger partial charge in [-0.1, -0.05) is 6.42 Å². The van der Waals surface area contributed by atoms with Gasteiger partial charge in [0.25, 0.3) is 0 Å². The molecule has 18 heavy (non-hydrogen) atoms. The van der Waals surface area contributed by atoms with Crippen LogP contribution < -0.4 is 5.32 Å². The summed E-state index contributed by atoms with van der Waals surface area (Å²) in [6.45, 7) is 5.81. The van der Waals surface area contributed by atoms with Crippen molar-refractivity contribution in [3.05, 3.63) is 12.2 Å². The number of aryl methyl sites for hydroxylation is 1. The fraction of sp³-hybridized carbons (Fsp3) is 0.846. The molecule has 1 fully saturated rings. The van der Waals surface area contributed by atoms with Gasteiger partial charge in [0.05, 0.1) is 5.60 Å². The molecule has 1 aromatic heterocycles. The van der Waals surface area contributed by atoms with Crippen LogP contribution in [0.4, 0.5) is 0 Å². The Balaban J connectivity index is 1.93. The van der Waals surface area contributed by atoms with Crippen LogP contribution in [0.2, 0.25) is 0 Å². The van der Waals surface area contributed by atoms with Crippen molar-refractivity contribution in [2.45, 2.75) is 64.1 Å². The summed E-state index contributed by atoms with van der Waals surface area (Å²) in [5.74, 6) is 0.873. The molecule has 1 aliphatic rings. The Kier molecular flexibility index (Phi) is 4.35. The molecule has 1 aliphatic heterocycles. The van der Waals surface area contributed by atoms with Gasteiger partial charge in [-0.3, -0.25) is 4.68 Å². The van der Waals surface area contributed by atoms with Crippen LogP contribution in [0.5, 0.6) is 0 Å². The smallest absolute Gasteiger partial charge is 0.138 e. The lowest BCUT2D eigenvalue weighted by atomic mass is 9.89. The van der Waals surface area contributed by atoms with E-state index in [1.54, 1.807) is 6.33 Å². The molecule has 0 spiro atoms. The van der Waals surface area contributed by atoms with Gasteiger partial charge in [0.15, 0.2) is 0 Å². The maximum atomic E-state index is 10.5. The summed E-state index contributed by atoms with van der Waals surface area (Å²) in [5, 5.41) is 18.2. The van der Waals surface area contributed by atoms with Crippen molar-refractivity contribution in [1.82, 2.24) is 20.1 Å². The Labute approximate surface area is 109 Å². The van der Waals surface area contributed by atoms with E-state index in [2.05, 4.69) is 15.4 Å². The van der Waals surface area contributed by atoms with Crippen molar-refractivity contribution < 1.29 is 5.11 Å². The highest BCUT2D eigenvalue weighted by molar-refractivity contribution is 4.95. The third-order valence-electron chi connectivity index (χ3n) is 3.63. The van der Waals surface area contributed by atoms with Crippen molar-refractivity contribution in [3.8, 4) is 0 Å². The monoisotopic (exact) mass is 252 g/mol. The van der Waals surface area contributed by atoms with Crippen LogP contribution in [-0.4, -0.2) is 38.1 Å². The second-order valence-corrected chi connectivity index (χ2v) is 5.52. The zero-order chi connectivity index (χ0) is 13.0. The van der Waals surface area contributed by atoms with Gasteiger partial charge in [0.2, 0.25) is 0 Å². The Bertz CT molecular complexity index is 369.